The number of carbonyl (C=O) groups excluding carboxylic acids is 3. The van der Waals surface area contributed by atoms with Crippen molar-refractivity contribution >= 4 is 23.9 Å². The van der Waals surface area contributed by atoms with Crippen LogP contribution < -0.4 is 18.9 Å². The molecule has 10 nitrogen and oxygen atoms in total. The summed E-state index contributed by atoms with van der Waals surface area (Å²) in [6.07, 6.45) is 3.63. The summed E-state index contributed by atoms with van der Waals surface area (Å²) in [5.41, 5.74) is 3.24. The van der Waals surface area contributed by atoms with E-state index in [1.807, 2.05) is 54.6 Å². The van der Waals surface area contributed by atoms with Gasteiger partial charge in [0.05, 0.1) is 21.3 Å². The highest BCUT2D eigenvalue weighted by Crippen LogP contribution is 2.52. The Morgan fingerprint density at radius 2 is 1.53 bits per heavy atom. The van der Waals surface area contributed by atoms with Crippen LogP contribution in [0.25, 0.3) is 6.08 Å². The number of carbonyl (C=O) groups is 3. The zero-order chi connectivity index (χ0) is 35.7. The topological polar surface area (TPSA) is 110 Å². The van der Waals surface area contributed by atoms with Crippen molar-refractivity contribution in [1.82, 2.24) is 4.90 Å². The lowest BCUT2D eigenvalue weighted by atomic mass is 9.89. The van der Waals surface area contributed by atoms with Crippen LogP contribution in [0.1, 0.15) is 65.2 Å². The van der Waals surface area contributed by atoms with E-state index in [1.165, 1.54) is 20.3 Å². The lowest BCUT2D eigenvalue weighted by molar-refractivity contribution is -0.163. The summed E-state index contributed by atoms with van der Waals surface area (Å²) in [5.74, 6) is -0.811. The fourth-order valence-corrected chi connectivity index (χ4v) is 6.43. The Hall–Kier alpha value is -5.77. The maximum Gasteiger partial charge on any atom is 0.330 e. The summed E-state index contributed by atoms with van der Waals surface area (Å²) in [4.78, 5) is 42.3. The number of nitrogens with zero attached hydrogens (tertiary/aromatic N) is 1. The number of likely N-dealkylation sites (tertiary alicyclic amines) is 1. The van der Waals surface area contributed by atoms with Gasteiger partial charge in [-0.25, -0.2) is 4.79 Å². The van der Waals surface area contributed by atoms with E-state index >= 15 is 0 Å². The Morgan fingerprint density at radius 3 is 2.22 bits per heavy atom. The Balaban J connectivity index is 1.39. The van der Waals surface area contributed by atoms with Crippen LogP contribution in [0.3, 0.4) is 0 Å². The molecule has 3 atom stereocenters. The molecule has 0 spiro atoms. The van der Waals surface area contributed by atoms with E-state index in [2.05, 4.69) is 0 Å². The number of hydrogen-bond donors (Lipinski definition) is 0. The molecule has 10 heteroatoms. The Morgan fingerprint density at radius 1 is 0.824 bits per heavy atom. The first-order chi connectivity index (χ1) is 24.9. The number of benzene rings is 4. The van der Waals surface area contributed by atoms with E-state index in [4.69, 9.17) is 28.4 Å². The van der Waals surface area contributed by atoms with Crippen LogP contribution >= 0.6 is 0 Å². The average Bonchev–Trinajstić information content (AvgIpc) is 3.58. The van der Waals surface area contributed by atoms with Crippen molar-refractivity contribution in [3.05, 3.63) is 125 Å². The average molecular weight is 692 g/mol. The van der Waals surface area contributed by atoms with Gasteiger partial charge in [0.15, 0.2) is 23.0 Å². The molecule has 51 heavy (non-hydrogen) atoms. The maximum absolute atomic E-state index is 14.6. The van der Waals surface area contributed by atoms with Gasteiger partial charge in [-0.15, -0.1) is 0 Å². The summed E-state index contributed by atoms with van der Waals surface area (Å²) in [7, 11) is 4.34. The second-order valence-corrected chi connectivity index (χ2v) is 12.3. The van der Waals surface area contributed by atoms with Gasteiger partial charge in [0.25, 0.3) is 5.91 Å². The summed E-state index contributed by atoms with van der Waals surface area (Å²) < 4.78 is 35.1. The van der Waals surface area contributed by atoms with E-state index in [0.29, 0.717) is 64.9 Å². The lowest BCUT2D eigenvalue weighted by Crippen LogP contribution is -2.40. The second-order valence-electron chi connectivity index (χ2n) is 12.3. The predicted octanol–water partition coefficient (Wildman–Crippen LogP) is 6.98. The monoisotopic (exact) mass is 691 g/mol. The number of ether oxygens (including phenoxy) is 6. The molecule has 1 saturated heterocycles. The minimum atomic E-state index is -1.16. The first-order valence-corrected chi connectivity index (χ1v) is 16.9. The van der Waals surface area contributed by atoms with Crippen LogP contribution in [-0.4, -0.2) is 57.2 Å². The third kappa shape index (κ3) is 8.01. The molecule has 0 unspecified atom stereocenters. The molecule has 2 heterocycles. The highest BCUT2D eigenvalue weighted by atomic mass is 16.6. The van der Waals surface area contributed by atoms with E-state index in [9.17, 15) is 14.4 Å². The number of fused-ring (bicyclic) bond motifs is 1. The van der Waals surface area contributed by atoms with Crippen molar-refractivity contribution in [3.8, 4) is 23.0 Å². The van der Waals surface area contributed by atoms with Crippen molar-refractivity contribution in [2.24, 2.45) is 0 Å². The Kier molecular flexibility index (Phi) is 11.2. The van der Waals surface area contributed by atoms with Crippen LogP contribution in [0.15, 0.2) is 97.1 Å². The zero-order valence-electron chi connectivity index (χ0n) is 28.9. The number of methoxy groups -OCH3 is 3. The third-order valence-electron chi connectivity index (χ3n) is 9.06. The van der Waals surface area contributed by atoms with Crippen molar-refractivity contribution in [2.75, 3.05) is 34.4 Å². The molecule has 0 aliphatic carbocycles. The Labute approximate surface area is 297 Å². The molecular formula is C41H41NO9. The first kappa shape index (κ1) is 35.1. The first-order valence-electron chi connectivity index (χ1n) is 16.9. The van der Waals surface area contributed by atoms with Gasteiger partial charge in [-0.05, 0) is 66.3 Å². The third-order valence-corrected chi connectivity index (χ3v) is 9.06. The molecule has 0 radical (unpaired) electrons. The molecule has 1 amide bonds. The number of amides is 1. The lowest BCUT2D eigenvalue weighted by Gasteiger charge is -2.31. The van der Waals surface area contributed by atoms with Gasteiger partial charge < -0.3 is 33.3 Å². The SMILES string of the molecule is COC(=O)/C=C/c1cc(OC)c2c(c1)[C@@H](C(=O)O[C@@H](C(=O)N1CCCCC1)c1ccccc1)[C@H](c1ccc(OCc3ccccc3)c(OC)c1)O2. The van der Waals surface area contributed by atoms with E-state index in [-0.39, 0.29) is 5.91 Å². The van der Waals surface area contributed by atoms with Gasteiger partial charge in [-0.3, -0.25) is 9.59 Å². The minimum absolute atomic E-state index is 0.265. The van der Waals surface area contributed by atoms with E-state index < -0.39 is 30.1 Å². The largest absolute Gasteiger partial charge is 0.493 e. The molecule has 0 bridgehead atoms. The quantitative estimate of drug-likeness (QED) is 0.115. The molecule has 0 aromatic heterocycles. The molecule has 0 saturated carbocycles. The van der Waals surface area contributed by atoms with Gasteiger partial charge in [-0.2, -0.15) is 0 Å². The van der Waals surface area contributed by atoms with Gasteiger partial charge in [-0.1, -0.05) is 66.7 Å². The summed E-state index contributed by atoms with van der Waals surface area (Å²) in [5, 5.41) is 0. The van der Waals surface area contributed by atoms with Gasteiger partial charge >= 0.3 is 11.9 Å². The number of hydrogen-bond acceptors (Lipinski definition) is 9. The van der Waals surface area contributed by atoms with Crippen LogP contribution in [-0.2, 0) is 30.5 Å². The molecule has 2 aliphatic heterocycles. The highest BCUT2D eigenvalue weighted by molar-refractivity contribution is 5.90. The van der Waals surface area contributed by atoms with Crippen LogP contribution in [0, 0.1) is 0 Å². The molecule has 6 rings (SSSR count). The van der Waals surface area contributed by atoms with Crippen molar-refractivity contribution in [1.29, 1.82) is 0 Å². The number of rotatable bonds is 12. The summed E-state index contributed by atoms with van der Waals surface area (Å²) >= 11 is 0. The van der Waals surface area contributed by atoms with E-state index in [0.717, 1.165) is 24.8 Å². The molecule has 0 N–H and O–H groups in total. The van der Waals surface area contributed by atoms with E-state index in [1.54, 1.807) is 54.5 Å². The van der Waals surface area contributed by atoms with Crippen molar-refractivity contribution < 1.29 is 42.8 Å². The molecule has 4 aromatic carbocycles. The fourth-order valence-electron chi connectivity index (χ4n) is 6.43. The normalized spacial score (nSPS) is 17.2. The van der Waals surface area contributed by atoms with Crippen molar-refractivity contribution in [3.63, 3.8) is 0 Å². The maximum atomic E-state index is 14.6. The standard InChI is InChI=1S/C41H41NO9/c1-46-33-25-30(18-19-32(33)49-26-27-13-7-4-8-14-27)37-36(31-23-28(17-20-35(43)48-3)24-34(47-2)39(31)50-37)41(45)51-38(29-15-9-5-10-16-29)40(44)42-21-11-6-12-22-42/h4-5,7-10,13-20,23-25,36-38H,6,11-12,21-22,26H2,1-3H3/b20-17+/t36-,37+,38-/m1/s1. The van der Waals surface area contributed by atoms with Crippen LogP contribution in [0.5, 0.6) is 23.0 Å². The highest BCUT2D eigenvalue weighted by Gasteiger charge is 2.45. The zero-order valence-corrected chi connectivity index (χ0v) is 28.9. The minimum Gasteiger partial charge on any atom is -0.493 e. The molecular weight excluding hydrogens is 650 g/mol. The fraction of sp³-hybridized carbons (Fsp3) is 0.293. The van der Waals surface area contributed by atoms with Crippen molar-refractivity contribution in [2.45, 2.75) is 44.0 Å². The van der Waals surface area contributed by atoms with Gasteiger partial charge in [0.1, 0.15) is 18.6 Å². The van der Waals surface area contributed by atoms with Gasteiger partial charge in [0, 0.05) is 30.3 Å². The van der Waals surface area contributed by atoms with Gasteiger partial charge in [0.2, 0.25) is 6.10 Å². The molecule has 2 aliphatic rings. The second kappa shape index (κ2) is 16.3. The van der Waals surface area contributed by atoms with Crippen LogP contribution in [0.2, 0.25) is 0 Å². The number of esters is 2. The molecule has 1 fully saturated rings. The smallest absolute Gasteiger partial charge is 0.330 e. The molecule has 264 valence electrons. The van der Waals surface area contributed by atoms with Crippen LogP contribution in [0.4, 0.5) is 0 Å². The summed E-state index contributed by atoms with van der Waals surface area (Å²) in [6.45, 7) is 1.54. The predicted molar refractivity (Wildman–Crippen MR) is 190 cm³/mol. The molecule has 4 aromatic rings. The Bertz CT molecular complexity index is 1870. The number of piperidine rings is 1. The summed E-state index contributed by atoms with van der Waals surface area (Å²) in [6, 6.07) is 27.7.